The van der Waals surface area contributed by atoms with Gasteiger partial charge in [0, 0.05) is 32.1 Å². The summed E-state index contributed by atoms with van der Waals surface area (Å²) in [7, 11) is 1.69. The van der Waals surface area contributed by atoms with E-state index in [0.29, 0.717) is 36.2 Å². The van der Waals surface area contributed by atoms with Crippen molar-refractivity contribution in [2.45, 2.75) is 38.5 Å². The second kappa shape index (κ2) is 9.87. The fourth-order valence-corrected chi connectivity index (χ4v) is 5.74. The van der Waals surface area contributed by atoms with E-state index in [-0.39, 0.29) is 23.8 Å². The Kier molecular flexibility index (Phi) is 6.25. The van der Waals surface area contributed by atoms with Gasteiger partial charge in [-0.25, -0.2) is 9.97 Å². The number of nitrogens with zero attached hydrogens (tertiary/aromatic N) is 4. The van der Waals surface area contributed by atoms with Crippen molar-refractivity contribution in [3.8, 4) is 11.1 Å². The van der Waals surface area contributed by atoms with Crippen LogP contribution in [0.5, 0.6) is 0 Å². The van der Waals surface area contributed by atoms with Gasteiger partial charge in [-0.05, 0) is 59.3 Å². The first-order valence-corrected chi connectivity index (χ1v) is 13.0. The third-order valence-electron chi connectivity index (χ3n) is 7.66. The smallest absolute Gasteiger partial charge is 0.273 e. The SMILES string of the molecule is CNC(=O)C1CCCN1Cc1ccccc1-c1ccc2nc(N)nc(C(=O)N3Cc4ccccc4C3)c2c1. The largest absolute Gasteiger partial charge is 0.368 e. The highest BCUT2D eigenvalue weighted by atomic mass is 16.2. The Morgan fingerprint density at radius 3 is 2.50 bits per heavy atom. The van der Waals surface area contributed by atoms with E-state index in [1.54, 1.807) is 11.9 Å². The summed E-state index contributed by atoms with van der Waals surface area (Å²) in [5.41, 5.74) is 12.4. The van der Waals surface area contributed by atoms with Crippen molar-refractivity contribution in [3.63, 3.8) is 0 Å². The number of amides is 2. The molecule has 2 aliphatic rings. The van der Waals surface area contributed by atoms with E-state index in [4.69, 9.17) is 5.73 Å². The monoisotopic (exact) mass is 506 g/mol. The predicted octanol–water partition coefficient (Wildman–Crippen LogP) is 3.75. The second-order valence-corrected chi connectivity index (χ2v) is 9.99. The topological polar surface area (TPSA) is 104 Å². The number of hydrogen-bond acceptors (Lipinski definition) is 6. The Balaban J connectivity index is 1.36. The van der Waals surface area contributed by atoms with Gasteiger partial charge in [-0.1, -0.05) is 54.6 Å². The average molecular weight is 507 g/mol. The molecule has 0 spiro atoms. The second-order valence-electron chi connectivity index (χ2n) is 9.99. The first-order chi connectivity index (χ1) is 18.5. The molecule has 1 fully saturated rings. The third kappa shape index (κ3) is 4.37. The van der Waals surface area contributed by atoms with E-state index >= 15 is 0 Å². The van der Waals surface area contributed by atoms with Gasteiger partial charge in [0.25, 0.3) is 5.91 Å². The number of anilines is 1. The van der Waals surface area contributed by atoms with Crippen molar-refractivity contribution in [1.29, 1.82) is 0 Å². The zero-order chi connectivity index (χ0) is 26.2. The van der Waals surface area contributed by atoms with Crippen molar-refractivity contribution in [2.24, 2.45) is 0 Å². The quantitative estimate of drug-likeness (QED) is 0.427. The molecule has 1 atom stereocenters. The molecule has 3 heterocycles. The van der Waals surface area contributed by atoms with Crippen LogP contribution in [0.4, 0.5) is 5.95 Å². The number of nitrogens with two attached hydrogens (primary N) is 1. The van der Waals surface area contributed by atoms with Crippen LogP contribution in [0.15, 0.2) is 66.7 Å². The molecule has 2 aliphatic heterocycles. The summed E-state index contributed by atoms with van der Waals surface area (Å²) in [5, 5.41) is 3.48. The molecule has 8 nitrogen and oxygen atoms in total. The zero-order valence-corrected chi connectivity index (χ0v) is 21.4. The van der Waals surface area contributed by atoms with Gasteiger partial charge >= 0.3 is 0 Å². The summed E-state index contributed by atoms with van der Waals surface area (Å²) in [6.45, 7) is 2.65. The number of nitrogens with one attached hydrogen (secondary N) is 1. The summed E-state index contributed by atoms with van der Waals surface area (Å²) < 4.78 is 0. The van der Waals surface area contributed by atoms with Crippen molar-refractivity contribution in [3.05, 3.63) is 89.1 Å². The molecule has 8 heteroatoms. The minimum absolute atomic E-state index is 0.0626. The summed E-state index contributed by atoms with van der Waals surface area (Å²) in [6.07, 6.45) is 1.86. The molecule has 0 aliphatic carbocycles. The van der Waals surface area contributed by atoms with Crippen LogP contribution >= 0.6 is 0 Å². The number of likely N-dealkylation sites (N-methyl/N-ethyl adjacent to an activating group) is 1. The predicted molar refractivity (Wildman–Crippen MR) is 147 cm³/mol. The molecule has 3 aromatic carbocycles. The first kappa shape index (κ1) is 24.1. The van der Waals surface area contributed by atoms with Crippen molar-refractivity contribution in [2.75, 3.05) is 19.3 Å². The van der Waals surface area contributed by atoms with Crippen LogP contribution in [0.1, 0.15) is 40.0 Å². The van der Waals surface area contributed by atoms with Gasteiger partial charge in [-0.15, -0.1) is 0 Å². The number of likely N-dealkylation sites (tertiary alicyclic amines) is 1. The maximum Gasteiger partial charge on any atom is 0.273 e. The number of aromatic nitrogens is 2. The summed E-state index contributed by atoms with van der Waals surface area (Å²) in [6, 6.07) is 22.1. The lowest BCUT2D eigenvalue weighted by Crippen LogP contribution is -2.41. The number of fused-ring (bicyclic) bond motifs is 2. The first-order valence-electron chi connectivity index (χ1n) is 13.0. The lowest BCUT2D eigenvalue weighted by Gasteiger charge is -2.24. The minimum Gasteiger partial charge on any atom is -0.368 e. The van der Waals surface area contributed by atoms with E-state index in [2.05, 4.69) is 44.5 Å². The number of carbonyl (C=O) groups is 2. The van der Waals surface area contributed by atoms with Crippen molar-refractivity contribution < 1.29 is 9.59 Å². The van der Waals surface area contributed by atoms with Crippen LogP contribution in [-0.4, -0.2) is 51.2 Å². The van der Waals surface area contributed by atoms with Crippen molar-refractivity contribution >= 4 is 28.7 Å². The molecular weight excluding hydrogens is 476 g/mol. The van der Waals surface area contributed by atoms with Crippen LogP contribution in [-0.2, 0) is 24.4 Å². The van der Waals surface area contributed by atoms with Gasteiger partial charge in [0.1, 0.15) is 5.69 Å². The van der Waals surface area contributed by atoms with Gasteiger partial charge in [-0.2, -0.15) is 0 Å². The minimum atomic E-state index is -0.156. The Bertz CT molecular complexity index is 1530. The van der Waals surface area contributed by atoms with Gasteiger partial charge < -0.3 is 16.0 Å². The molecule has 1 unspecified atom stereocenters. The molecule has 4 aromatic rings. The Morgan fingerprint density at radius 1 is 1.00 bits per heavy atom. The number of rotatable bonds is 5. The summed E-state index contributed by atoms with van der Waals surface area (Å²) >= 11 is 0. The molecule has 192 valence electrons. The van der Waals surface area contributed by atoms with Crippen LogP contribution in [0.25, 0.3) is 22.0 Å². The molecule has 2 amide bonds. The van der Waals surface area contributed by atoms with E-state index in [9.17, 15) is 9.59 Å². The number of benzene rings is 3. The maximum atomic E-state index is 13.7. The van der Waals surface area contributed by atoms with Crippen LogP contribution in [0.3, 0.4) is 0 Å². The van der Waals surface area contributed by atoms with Crippen molar-refractivity contribution in [1.82, 2.24) is 25.1 Å². The third-order valence-corrected chi connectivity index (χ3v) is 7.66. The molecule has 0 bridgehead atoms. The van der Waals surface area contributed by atoms with Crippen LogP contribution in [0, 0.1) is 0 Å². The number of carbonyl (C=O) groups excluding carboxylic acids is 2. The number of nitrogen functional groups attached to an aromatic ring is 1. The van der Waals surface area contributed by atoms with Gasteiger partial charge in [0.2, 0.25) is 11.9 Å². The Morgan fingerprint density at radius 2 is 1.74 bits per heavy atom. The molecule has 1 aromatic heterocycles. The van der Waals surface area contributed by atoms with Gasteiger partial charge in [0.15, 0.2) is 0 Å². The number of hydrogen-bond donors (Lipinski definition) is 2. The van der Waals surface area contributed by atoms with E-state index in [0.717, 1.165) is 47.2 Å². The van der Waals surface area contributed by atoms with Gasteiger partial charge in [-0.3, -0.25) is 14.5 Å². The molecule has 3 N–H and O–H groups in total. The zero-order valence-electron chi connectivity index (χ0n) is 21.4. The lowest BCUT2D eigenvalue weighted by molar-refractivity contribution is -0.125. The molecule has 0 saturated carbocycles. The lowest BCUT2D eigenvalue weighted by atomic mass is 9.97. The maximum absolute atomic E-state index is 13.7. The Hall–Kier alpha value is -4.30. The van der Waals surface area contributed by atoms with E-state index in [1.807, 2.05) is 42.5 Å². The van der Waals surface area contributed by atoms with E-state index < -0.39 is 0 Å². The highest BCUT2D eigenvalue weighted by Crippen LogP contribution is 2.32. The van der Waals surface area contributed by atoms with E-state index in [1.165, 1.54) is 0 Å². The molecule has 0 radical (unpaired) electrons. The normalized spacial score (nSPS) is 17.1. The Labute approximate surface area is 221 Å². The molecule has 1 saturated heterocycles. The summed E-state index contributed by atoms with van der Waals surface area (Å²) in [5.74, 6) is -0.0103. The standard InChI is InChI=1S/C30H30N6O2/c1-32-28(37)26-11-6-14-35(26)18-22-9-4-5-10-23(22)19-12-13-25-24(15-19)27(34-30(31)33-25)29(38)36-16-20-7-2-3-8-21(20)17-36/h2-5,7-10,12-13,15,26H,6,11,14,16-18H2,1H3,(H,32,37)(H2,31,33,34). The average Bonchev–Trinajstić information content (AvgIpc) is 3.59. The highest BCUT2D eigenvalue weighted by Gasteiger charge is 2.31. The molecule has 6 rings (SSSR count). The summed E-state index contributed by atoms with van der Waals surface area (Å²) in [4.78, 5) is 39.0. The highest BCUT2D eigenvalue weighted by molar-refractivity contribution is 6.06. The molecular formula is C30H30N6O2. The van der Waals surface area contributed by atoms with Gasteiger partial charge in [0.05, 0.1) is 11.6 Å². The fourth-order valence-electron chi connectivity index (χ4n) is 5.74. The molecule has 38 heavy (non-hydrogen) atoms. The van der Waals surface area contributed by atoms with Crippen LogP contribution in [0.2, 0.25) is 0 Å². The fraction of sp³-hybridized carbons (Fsp3) is 0.267. The van der Waals surface area contributed by atoms with Crippen LogP contribution < -0.4 is 11.1 Å².